The Labute approximate surface area is 155 Å². The van der Waals surface area contributed by atoms with E-state index in [0.717, 1.165) is 5.56 Å². The first-order chi connectivity index (χ1) is 12.8. The van der Waals surface area contributed by atoms with Crippen molar-refractivity contribution >= 4 is 17.1 Å². The molecule has 0 atom stereocenters. The number of alkyl halides is 3. The Kier molecular flexibility index (Phi) is 4.06. The largest absolute Gasteiger partial charge is 0.453 e. The molecule has 4 rings (SSSR count). The zero-order chi connectivity index (χ0) is 19.2. The minimum Gasteiger partial charge on any atom is -0.295 e. The number of fused-ring (bicyclic) bond motifs is 1. The van der Waals surface area contributed by atoms with Crippen LogP contribution in [-0.4, -0.2) is 34.5 Å². The zero-order valence-electron chi connectivity index (χ0n) is 13.8. The molecule has 4 aromatic rings. The van der Waals surface area contributed by atoms with Crippen molar-refractivity contribution in [2.45, 2.75) is 19.5 Å². The van der Waals surface area contributed by atoms with E-state index in [1.165, 1.54) is 0 Å². The summed E-state index contributed by atoms with van der Waals surface area (Å²) in [6.07, 6.45) is 0.663. The van der Waals surface area contributed by atoms with E-state index in [-0.39, 0.29) is 11.6 Å². The number of imidazole rings is 1. The van der Waals surface area contributed by atoms with Crippen LogP contribution in [0.2, 0.25) is 5.02 Å². The van der Waals surface area contributed by atoms with E-state index in [0.29, 0.717) is 28.5 Å². The average molecular weight is 394 g/mol. The van der Waals surface area contributed by atoms with E-state index in [1.54, 1.807) is 42.0 Å². The standard InChI is InChI=1S/C16H11ClF3N7/c1-8-21-5-9(6-22-8)4-11-12-3-2-10(17)7-27(12)14(23-11)13-24-15(26-25-13)16(18,19)20/h2-3,5-7H,4H2,1H3,(H,24,25,26). The van der Waals surface area contributed by atoms with Crippen molar-refractivity contribution in [2.75, 3.05) is 0 Å². The first-order valence-electron chi connectivity index (χ1n) is 7.75. The summed E-state index contributed by atoms with van der Waals surface area (Å²) in [6.45, 7) is 1.78. The fraction of sp³-hybridized carbons (Fsp3) is 0.188. The maximum Gasteiger partial charge on any atom is 0.453 e. The van der Waals surface area contributed by atoms with Crippen molar-refractivity contribution in [2.24, 2.45) is 0 Å². The maximum absolute atomic E-state index is 12.8. The van der Waals surface area contributed by atoms with Crippen LogP contribution in [0.3, 0.4) is 0 Å². The van der Waals surface area contributed by atoms with E-state index in [9.17, 15) is 13.2 Å². The summed E-state index contributed by atoms with van der Waals surface area (Å²) < 4.78 is 40.0. The number of aromatic nitrogens is 7. The van der Waals surface area contributed by atoms with Crippen LogP contribution in [0, 0.1) is 6.92 Å². The number of nitrogens with zero attached hydrogens (tertiary/aromatic N) is 6. The third-order valence-electron chi connectivity index (χ3n) is 3.83. The van der Waals surface area contributed by atoms with Crippen molar-refractivity contribution in [3.8, 4) is 11.6 Å². The summed E-state index contributed by atoms with van der Waals surface area (Å²) in [7, 11) is 0. The van der Waals surface area contributed by atoms with Crippen LogP contribution in [0.4, 0.5) is 13.2 Å². The van der Waals surface area contributed by atoms with Crippen LogP contribution in [0.1, 0.15) is 22.9 Å². The molecule has 4 heterocycles. The Morgan fingerprint density at radius 3 is 2.56 bits per heavy atom. The molecule has 0 bridgehead atoms. The Morgan fingerprint density at radius 2 is 1.89 bits per heavy atom. The Bertz CT molecular complexity index is 1120. The van der Waals surface area contributed by atoms with Gasteiger partial charge in [0.15, 0.2) is 11.6 Å². The van der Waals surface area contributed by atoms with Crippen molar-refractivity contribution < 1.29 is 13.2 Å². The van der Waals surface area contributed by atoms with E-state index < -0.39 is 12.0 Å². The fourth-order valence-electron chi connectivity index (χ4n) is 2.61. The second-order valence-corrected chi connectivity index (χ2v) is 6.24. The van der Waals surface area contributed by atoms with Gasteiger partial charge < -0.3 is 0 Å². The van der Waals surface area contributed by atoms with Gasteiger partial charge >= 0.3 is 6.18 Å². The lowest BCUT2D eigenvalue weighted by Gasteiger charge is -2.00. The number of hydrogen-bond donors (Lipinski definition) is 1. The quantitative estimate of drug-likeness (QED) is 0.576. The normalized spacial score (nSPS) is 12.0. The van der Waals surface area contributed by atoms with Gasteiger partial charge in [0.25, 0.3) is 5.82 Å². The van der Waals surface area contributed by atoms with Crippen LogP contribution in [0.15, 0.2) is 30.7 Å². The first kappa shape index (κ1) is 17.4. The molecule has 0 aliphatic rings. The van der Waals surface area contributed by atoms with Gasteiger partial charge in [0.2, 0.25) is 0 Å². The molecule has 4 aromatic heterocycles. The highest BCUT2D eigenvalue weighted by Crippen LogP contribution is 2.29. The summed E-state index contributed by atoms with van der Waals surface area (Å²) in [5.41, 5.74) is 2.12. The second-order valence-electron chi connectivity index (χ2n) is 5.81. The summed E-state index contributed by atoms with van der Waals surface area (Å²) in [4.78, 5) is 16.3. The lowest BCUT2D eigenvalue weighted by molar-refractivity contribution is -0.144. The SMILES string of the molecule is Cc1ncc(Cc2nc(-c3nc(C(F)(F)F)n[nH]3)n3cc(Cl)ccc23)cn1. The molecule has 11 heteroatoms. The summed E-state index contributed by atoms with van der Waals surface area (Å²) >= 11 is 6.05. The number of halogens is 4. The predicted molar refractivity (Wildman–Crippen MR) is 90.2 cm³/mol. The summed E-state index contributed by atoms with van der Waals surface area (Å²) in [6, 6.07) is 3.42. The molecule has 0 aromatic carbocycles. The van der Waals surface area contributed by atoms with Gasteiger partial charge in [-0.2, -0.15) is 13.2 Å². The molecule has 27 heavy (non-hydrogen) atoms. The molecule has 0 fully saturated rings. The molecule has 0 spiro atoms. The van der Waals surface area contributed by atoms with E-state index >= 15 is 0 Å². The van der Waals surface area contributed by atoms with Crippen molar-refractivity contribution in [3.05, 3.63) is 58.7 Å². The number of aryl methyl sites for hydroxylation is 1. The van der Waals surface area contributed by atoms with Gasteiger partial charge in [-0.05, 0) is 24.6 Å². The number of aromatic amines is 1. The smallest absolute Gasteiger partial charge is 0.295 e. The van der Waals surface area contributed by atoms with Crippen LogP contribution in [0.25, 0.3) is 17.2 Å². The highest BCUT2D eigenvalue weighted by molar-refractivity contribution is 6.30. The van der Waals surface area contributed by atoms with Gasteiger partial charge in [-0.3, -0.25) is 9.50 Å². The lowest BCUT2D eigenvalue weighted by Crippen LogP contribution is -2.07. The number of H-pyrrole nitrogens is 1. The minimum atomic E-state index is -4.65. The zero-order valence-corrected chi connectivity index (χ0v) is 14.5. The van der Waals surface area contributed by atoms with Gasteiger partial charge in [-0.15, -0.1) is 5.10 Å². The lowest BCUT2D eigenvalue weighted by atomic mass is 10.2. The van der Waals surface area contributed by atoms with Crippen molar-refractivity contribution in [3.63, 3.8) is 0 Å². The molecule has 0 unspecified atom stereocenters. The molecule has 0 aliphatic heterocycles. The topological polar surface area (TPSA) is 84.6 Å². The first-order valence-corrected chi connectivity index (χ1v) is 8.13. The molecule has 0 aliphatic carbocycles. The Morgan fingerprint density at radius 1 is 1.15 bits per heavy atom. The molecule has 138 valence electrons. The third kappa shape index (κ3) is 3.35. The number of rotatable bonds is 3. The summed E-state index contributed by atoms with van der Waals surface area (Å²) in [5.74, 6) is -0.545. The molecular formula is C16H11ClF3N7. The van der Waals surface area contributed by atoms with Gasteiger partial charge in [0.05, 0.1) is 16.2 Å². The summed E-state index contributed by atoms with van der Waals surface area (Å²) in [5, 5.41) is 5.93. The van der Waals surface area contributed by atoms with Gasteiger partial charge in [-0.1, -0.05) is 11.6 Å². The van der Waals surface area contributed by atoms with Gasteiger partial charge in [0.1, 0.15) is 5.82 Å². The second kappa shape index (κ2) is 6.31. The molecule has 0 radical (unpaired) electrons. The highest BCUT2D eigenvalue weighted by atomic mass is 35.5. The van der Waals surface area contributed by atoms with Crippen LogP contribution in [-0.2, 0) is 12.6 Å². The van der Waals surface area contributed by atoms with E-state index in [4.69, 9.17) is 11.6 Å². The number of pyridine rings is 1. The highest BCUT2D eigenvalue weighted by Gasteiger charge is 2.36. The Balaban J connectivity index is 1.82. The van der Waals surface area contributed by atoms with Crippen molar-refractivity contribution in [1.29, 1.82) is 0 Å². The average Bonchev–Trinajstić information content (AvgIpc) is 3.22. The molecule has 0 saturated heterocycles. The molecule has 0 amide bonds. The third-order valence-corrected chi connectivity index (χ3v) is 4.06. The molecular weight excluding hydrogens is 383 g/mol. The van der Waals surface area contributed by atoms with Crippen molar-refractivity contribution in [1.82, 2.24) is 34.5 Å². The van der Waals surface area contributed by atoms with Crippen LogP contribution in [0.5, 0.6) is 0 Å². The fourth-order valence-corrected chi connectivity index (χ4v) is 2.77. The molecule has 7 nitrogen and oxygen atoms in total. The predicted octanol–water partition coefficient (Wildman–Crippen LogP) is 3.48. The monoisotopic (exact) mass is 393 g/mol. The van der Waals surface area contributed by atoms with Crippen LogP contribution >= 0.6 is 11.6 Å². The number of hydrogen-bond acceptors (Lipinski definition) is 5. The maximum atomic E-state index is 12.8. The number of nitrogens with one attached hydrogen (secondary N) is 1. The van der Waals surface area contributed by atoms with Crippen LogP contribution < -0.4 is 0 Å². The molecule has 0 saturated carbocycles. The molecule has 1 N–H and O–H groups in total. The van der Waals surface area contributed by atoms with E-state index in [2.05, 4.69) is 30.1 Å². The minimum absolute atomic E-state index is 0.106. The van der Waals surface area contributed by atoms with E-state index in [1.807, 2.05) is 0 Å². The van der Waals surface area contributed by atoms with Gasteiger partial charge in [0, 0.05) is 25.0 Å². The Hall–Kier alpha value is -3.01. The van der Waals surface area contributed by atoms with Gasteiger partial charge in [-0.25, -0.2) is 19.9 Å².